The maximum Gasteiger partial charge on any atom is 0.341 e. The first-order valence-electron chi connectivity index (χ1n) is 5.31. The Labute approximate surface area is 112 Å². The van der Waals surface area contributed by atoms with Gasteiger partial charge in [-0.3, -0.25) is 4.79 Å². The molecule has 0 spiro atoms. The second kappa shape index (κ2) is 9.59. The van der Waals surface area contributed by atoms with Crippen molar-refractivity contribution < 1.29 is 24.2 Å². The lowest BCUT2D eigenvalue weighted by molar-refractivity contribution is -0.155. The van der Waals surface area contributed by atoms with E-state index in [1.54, 1.807) is 6.92 Å². The van der Waals surface area contributed by atoms with E-state index in [0.29, 0.717) is 0 Å². The molecule has 1 unspecified atom stereocenters. The molecular weight excluding hydrogens is 250 g/mol. The van der Waals surface area contributed by atoms with E-state index in [4.69, 9.17) is 10.4 Å². The van der Waals surface area contributed by atoms with Crippen LogP contribution in [0.25, 0.3) is 0 Å². The Morgan fingerprint density at radius 1 is 1.32 bits per heavy atom. The van der Waals surface area contributed by atoms with E-state index in [1.165, 1.54) is 19.9 Å². The second-order valence-corrected chi connectivity index (χ2v) is 3.73. The van der Waals surface area contributed by atoms with Crippen LogP contribution < -0.4 is 0 Å². The van der Waals surface area contributed by atoms with Gasteiger partial charge in [-0.2, -0.15) is 5.26 Å². The SMILES string of the molecule is C=C(C)C(=O)O.CC(=O)OC(=O)C(C)=CC(C)C#N. The fourth-order valence-corrected chi connectivity index (χ4v) is 0.691. The van der Waals surface area contributed by atoms with Gasteiger partial charge in [-0.05, 0) is 20.8 Å². The first-order chi connectivity index (χ1) is 8.61. The van der Waals surface area contributed by atoms with Crippen LogP contribution in [0.5, 0.6) is 0 Å². The van der Waals surface area contributed by atoms with Crippen molar-refractivity contribution in [3.8, 4) is 6.07 Å². The van der Waals surface area contributed by atoms with Crippen LogP contribution >= 0.6 is 0 Å². The van der Waals surface area contributed by atoms with Crippen molar-refractivity contribution in [1.29, 1.82) is 5.26 Å². The van der Waals surface area contributed by atoms with Gasteiger partial charge in [0.2, 0.25) is 0 Å². The largest absolute Gasteiger partial charge is 0.478 e. The third kappa shape index (κ3) is 11.8. The highest BCUT2D eigenvalue weighted by molar-refractivity contribution is 5.95. The van der Waals surface area contributed by atoms with Gasteiger partial charge >= 0.3 is 17.9 Å². The summed E-state index contributed by atoms with van der Waals surface area (Å²) in [4.78, 5) is 31.0. The van der Waals surface area contributed by atoms with Crippen molar-refractivity contribution >= 4 is 17.9 Å². The normalized spacial score (nSPS) is 11.2. The quantitative estimate of drug-likeness (QED) is 0.475. The number of hydrogen-bond donors (Lipinski definition) is 1. The smallest absolute Gasteiger partial charge is 0.341 e. The number of allylic oxidation sites excluding steroid dienone is 1. The van der Waals surface area contributed by atoms with E-state index in [9.17, 15) is 14.4 Å². The van der Waals surface area contributed by atoms with Crippen LogP contribution in [0.2, 0.25) is 0 Å². The number of rotatable bonds is 3. The molecule has 0 saturated carbocycles. The number of carbonyl (C=O) groups is 3. The summed E-state index contributed by atoms with van der Waals surface area (Å²) in [7, 11) is 0. The van der Waals surface area contributed by atoms with E-state index in [-0.39, 0.29) is 17.1 Å². The molecule has 0 radical (unpaired) electrons. The van der Waals surface area contributed by atoms with Crippen LogP contribution in [0.15, 0.2) is 23.8 Å². The van der Waals surface area contributed by atoms with Crippen molar-refractivity contribution in [3.63, 3.8) is 0 Å². The van der Waals surface area contributed by atoms with E-state index in [0.717, 1.165) is 6.92 Å². The summed E-state index contributed by atoms with van der Waals surface area (Å²) in [6, 6.07) is 1.93. The maximum atomic E-state index is 11.0. The van der Waals surface area contributed by atoms with E-state index < -0.39 is 17.9 Å². The van der Waals surface area contributed by atoms with E-state index in [2.05, 4.69) is 11.3 Å². The van der Waals surface area contributed by atoms with Crippen LogP contribution in [-0.4, -0.2) is 23.0 Å². The molecule has 0 saturated heterocycles. The third-order valence-corrected chi connectivity index (χ3v) is 1.63. The molecule has 0 rings (SSSR count). The molecule has 0 amide bonds. The van der Waals surface area contributed by atoms with Crippen molar-refractivity contribution in [1.82, 2.24) is 0 Å². The van der Waals surface area contributed by atoms with Crippen LogP contribution in [-0.2, 0) is 19.1 Å². The summed E-state index contributed by atoms with van der Waals surface area (Å²) in [6.07, 6.45) is 1.45. The Morgan fingerprint density at radius 3 is 2.00 bits per heavy atom. The molecule has 0 heterocycles. The molecule has 0 aliphatic heterocycles. The number of nitrogens with zero attached hydrogens (tertiary/aromatic N) is 1. The predicted molar refractivity (Wildman–Crippen MR) is 67.8 cm³/mol. The monoisotopic (exact) mass is 267 g/mol. The summed E-state index contributed by atoms with van der Waals surface area (Å²) in [5, 5.41) is 16.3. The molecule has 0 aromatic heterocycles. The zero-order valence-corrected chi connectivity index (χ0v) is 11.4. The summed E-state index contributed by atoms with van der Waals surface area (Å²) < 4.78 is 4.30. The van der Waals surface area contributed by atoms with Crippen molar-refractivity contribution in [2.45, 2.75) is 27.7 Å². The third-order valence-electron chi connectivity index (χ3n) is 1.63. The van der Waals surface area contributed by atoms with Crippen LogP contribution in [0.1, 0.15) is 27.7 Å². The lowest BCUT2D eigenvalue weighted by atomic mass is 10.1. The minimum atomic E-state index is -0.935. The maximum absolute atomic E-state index is 11.0. The van der Waals surface area contributed by atoms with Gasteiger partial charge < -0.3 is 9.84 Å². The number of esters is 2. The van der Waals surface area contributed by atoms with Crippen LogP contribution in [0.3, 0.4) is 0 Å². The zero-order chi connectivity index (χ0) is 15.6. The Balaban J connectivity index is 0. The van der Waals surface area contributed by atoms with Gasteiger partial charge in [0.05, 0.1) is 12.0 Å². The lowest BCUT2D eigenvalue weighted by Crippen LogP contribution is -2.10. The van der Waals surface area contributed by atoms with Gasteiger partial charge in [0, 0.05) is 18.1 Å². The Hall–Kier alpha value is -2.42. The molecule has 0 aromatic rings. The summed E-state index contributed by atoms with van der Waals surface area (Å²) in [5.41, 5.74) is 0.444. The number of carbonyl (C=O) groups excluding carboxylic acids is 2. The molecule has 0 aliphatic carbocycles. The fourth-order valence-electron chi connectivity index (χ4n) is 0.691. The first-order valence-corrected chi connectivity index (χ1v) is 5.31. The lowest BCUT2D eigenvalue weighted by Gasteiger charge is -2.00. The highest BCUT2D eigenvalue weighted by atomic mass is 16.6. The number of nitriles is 1. The topological polar surface area (TPSA) is 104 Å². The van der Waals surface area contributed by atoms with Gasteiger partial charge in [0.15, 0.2) is 0 Å². The van der Waals surface area contributed by atoms with Crippen LogP contribution in [0.4, 0.5) is 0 Å². The summed E-state index contributed by atoms with van der Waals surface area (Å²) >= 11 is 0. The minimum absolute atomic E-state index is 0.176. The van der Waals surface area contributed by atoms with Gasteiger partial charge in [-0.15, -0.1) is 0 Å². The molecule has 0 bridgehead atoms. The molecule has 6 nitrogen and oxygen atoms in total. The van der Waals surface area contributed by atoms with Crippen LogP contribution in [0, 0.1) is 17.2 Å². The number of carboxylic acids is 1. The van der Waals surface area contributed by atoms with Crippen molar-refractivity contribution in [2.24, 2.45) is 5.92 Å². The Kier molecular flexibility index (Phi) is 9.56. The van der Waals surface area contributed by atoms with E-state index in [1.807, 2.05) is 6.07 Å². The zero-order valence-electron chi connectivity index (χ0n) is 11.4. The van der Waals surface area contributed by atoms with Crippen molar-refractivity contribution in [3.05, 3.63) is 23.8 Å². The van der Waals surface area contributed by atoms with Gasteiger partial charge in [0.1, 0.15) is 0 Å². The van der Waals surface area contributed by atoms with Gasteiger partial charge in [-0.25, -0.2) is 9.59 Å². The molecule has 104 valence electrons. The van der Waals surface area contributed by atoms with Gasteiger partial charge in [-0.1, -0.05) is 12.7 Å². The Bertz CT molecular complexity index is 430. The molecule has 19 heavy (non-hydrogen) atoms. The second-order valence-electron chi connectivity index (χ2n) is 3.73. The number of carboxylic acid groups (broad SMARTS) is 1. The first kappa shape index (κ1) is 18.9. The summed E-state index contributed by atoms with van der Waals surface area (Å²) in [6.45, 7) is 8.90. The molecule has 1 atom stereocenters. The fraction of sp³-hybridized carbons (Fsp3) is 0.385. The standard InChI is InChI=1S/C9H11NO3.C4H6O2/c1-6(5-10)4-7(2)9(12)13-8(3)11;1-3(2)4(5)6/h4,6H,1-3H3;1H2,2H3,(H,5,6). The van der Waals surface area contributed by atoms with Gasteiger partial charge in [0.25, 0.3) is 0 Å². The van der Waals surface area contributed by atoms with E-state index >= 15 is 0 Å². The summed E-state index contributed by atoms with van der Waals surface area (Å²) in [5.74, 6) is -2.65. The molecule has 0 aliphatic rings. The average Bonchev–Trinajstić information content (AvgIpc) is 2.28. The highest BCUT2D eigenvalue weighted by Gasteiger charge is 2.09. The minimum Gasteiger partial charge on any atom is -0.478 e. The number of ether oxygens (including phenoxy) is 1. The number of hydrogen-bond acceptors (Lipinski definition) is 5. The molecule has 6 heteroatoms. The van der Waals surface area contributed by atoms with Crippen molar-refractivity contribution in [2.75, 3.05) is 0 Å². The molecular formula is C13H17NO5. The number of aliphatic carboxylic acids is 1. The predicted octanol–water partition coefficient (Wildman–Crippen LogP) is 1.83. The Morgan fingerprint density at radius 2 is 1.74 bits per heavy atom. The average molecular weight is 267 g/mol. The molecule has 1 N–H and O–H groups in total. The molecule has 0 aromatic carbocycles. The highest BCUT2D eigenvalue weighted by Crippen LogP contribution is 2.03. The molecule has 0 fully saturated rings.